The van der Waals surface area contributed by atoms with Crippen LogP contribution < -0.4 is 9.80 Å². The third-order valence-electron chi connectivity index (χ3n) is 19.7. The maximum absolute atomic E-state index is 7.05. The van der Waals surface area contributed by atoms with E-state index in [-0.39, 0.29) is 10.8 Å². The molecule has 7 heteroatoms. The van der Waals surface area contributed by atoms with E-state index in [2.05, 4.69) is 318 Å². The van der Waals surface area contributed by atoms with Gasteiger partial charge in [-0.25, -0.2) is 0 Å². The van der Waals surface area contributed by atoms with Gasteiger partial charge in [0, 0.05) is 98.4 Å². The summed E-state index contributed by atoms with van der Waals surface area (Å²) in [6, 6.07) is 103. The van der Waals surface area contributed by atoms with Gasteiger partial charge in [-0.2, -0.15) is 0 Å². The first kappa shape index (κ1) is 58.4. The second kappa shape index (κ2) is 22.7. The molecule has 5 aromatic heterocycles. The third kappa shape index (κ3) is 10.0. The Morgan fingerprint density at radius 2 is 0.742 bits per heavy atom. The van der Waals surface area contributed by atoms with Crippen LogP contribution in [0.15, 0.2) is 296 Å². The van der Waals surface area contributed by atoms with Crippen LogP contribution in [0.4, 0.5) is 34.1 Å². The van der Waals surface area contributed by atoms with Crippen molar-refractivity contribution in [3.05, 3.63) is 303 Å². The Morgan fingerprint density at radius 3 is 1.35 bits per heavy atom. The van der Waals surface area contributed by atoms with Gasteiger partial charge in [0.05, 0.1) is 21.8 Å². The van der Waals surface area contributed by atoms with Crippen LogP contribution in [-0.2, 0) is 10.8 Å². The molecule has 0 spiro atoms. The van der Waals surface area contributed by atoms with Crippen LogP contribution >= 0.6 is 22.7 Å². The number of thiophene rings is 2. The Labute approximate surface area is 571 Å². The highest BCUT2D eigenvalue weighted by Gasteiger charge is 2.25. The molecule has 5 nitrogen and oxygen atoms in total. The molecule has 0 aliphatic heterocycles. The predicted octanol–water partition coefficient (Wildman–Crippen LogP) is 26.8. The molecular weight excluding hydrogens is 1220 g/mol. The fraction of sp³-hybridized carbons (Fsp3) is 0.0889. The molecule has 97 heavy (non-hydrogen) atoms. The topological polar surface area (TPSA) is 45.4 Å². The van der Waals surface area contributed by atoms with Gasteiger partial charge in [-0.05, 0) is 192 Å². The first-order chi connectivity index (χ1) is 47.3. The van der Waals surface area contributed by atoms with E-state index in [4.69, 9.17) is 14.4 Å². The van der Waals surface area contributed by atoms with Crippen LogP contribution in [0.3, 0.4) is 0 Å². The number of anilines is 6. The van der Waals surface area contributed by atoms with E-state index in [9.17, 15) is 0 Å². The number of nitrogens with zero attached hydrogens (tertiary/aromatic N) is 4. The molecule has 0 saturated heterocycles. The van der Waals surface area contributed by atoms with Gasteiger partial charge in [0.15, 0.2) is 0 Å². The molecule has 0 fully saturated rings. The Kier molecular flexibility index (Phi) is 13.7. The third-order valence-corrected chi connectivity index (χ3v) is 22.1. The van der Waals surface area contributed by atoms with Crippen molar-refractivity contribution in [2.24, 2.45) is 0 Å². The minimum Gasteiger partial charge on any atom is -0.456 e. The summed E-state index contributed by atoms with van der Waals surface area (Å²) < 4.78 is 11.9. The van der Waals surface area contributed by atoms with Crippen molar-refractivity contribution in [3.63, 3.8) is 0 Å². The van der Waals surface area contributed by atoms with E-state index in [0.29, 0.717) is 0 Å². The summed E-state index contributed by atoms with van der Waals surface area (Å²) in [6.07, 6.45) is 3.76. The number of aromatic nitrogens is 2. The lowest BCUT2D eigenvalue weighted by Crippen LogP contribution is -2.10. The highest BCUT2D eigenvalue weighted by atomic mass is 32.1. The molecule has 464 valence electrons. The van der Waals surface area contributed by atoms with E-state index in [1.807, 2.05) is 47.2 Å². The maximum Gasteiger partial charge on any atom is 0.136 e. The summed E-state index contributed by atoms with van der Waals surface area (Å²) in [7, 11) is 0. The number of furan rings is 1. The van der Waals surface area contributed by atoms with Crippen molar-refractivity contribution >= 4 is 151 Å². The fourth-order valence-corrected chi connectivity index (χ4v) is 17.2. The van der Waals surface area contributed by atoms with E-state index in [1.54, 1.807) is 0 Å². The lowest BCUT2D eigenvalue weighted by atomic mass is 9.86. The summed E-state index contributed by atoms with van der Waals surface area (Å²) in [5, 5.41) is 14.0. The van der Waals surface area contributed by atoms with Crippen LogP contribution in [0.5, 0.6) is 0 Å². The molecule has 18 rings (SSSR count). The summed E-state index contributed by atoms with van der Waals surface area (Å²) in [5.74, 6) is 0. The zero-order valence-corrected chi connectivity index (χ0v) is 56.4. The zero-order chi connectivity index (χ0) is 65.3. The van der Waals surface area contributed by atoms with Gasteiger partial charge in [0.25, 0.3) is 0 Å². The van der Waals surface area contributed by atoms with Crippen molar-refractivity contribution in [3.8, 4) is 44.8 Å². The summed E-state index contributed by atoms with van der Waals surface area (Å²) in [5.41, 5.74) is 19.7. The molecular formula is C90H66N4OS2. The molecule has 0 unspecified atom stereocenters. The molecule has 13 aromatic carbocycles. The number of benzene rings is 13. The lowest BCUT2D eigenvalue weighted by Gasteiger charge is -2.27. The Morgan fingerprint density at radius 1 is 0.289 bits per heavy atom. The summed E-state index contributed by atoms with van der Waals surface area (Å²) >= 11 is 3.67. The number of pyridine rings is 2. The van der Waals surface area contributed by atoms with Gasteiger partial charge >= 0.3 is 0 Å². The standard InChI is InChI=1S/C90H66N4OS2/c1-89(2,3)59-36-32-55(33-37-59)57-18-13-20-61(48-57)93(64-42-45-85-79(52-64)71-25-16-27-72(86(71)96-85)80-29-9-11-46-91-80)63-40-43-68-74(50-63)66-22-7-8-23-67(66)75-53-78-77-51-65(41-44-83(77)95-84(78)54-76(68)75)94(62-21-14-19-58(49-62)56-34-38-60(39-35-56)90(4,5)6)82-31-17-26-70-69-24-15-28-73(87(69)97-88(70)82)81-30-10-12-47-92-81/h7-54H,1-6H3. The minimum atomic E-state index is 0.0490. The van der Waals surface area contributed by atoms with Crippen LogP contribution in [-0.4, -0.2) is 9.97 Å². The lowest BCUT2D eigenvalue weighted by molar-refractivity contribution is 0.590. The second-order valence-electron chi connectivity index (χ2n) is 27.7. The van der Waals surface area contributed by atoms with Crippen molar-refractivity contribution in [2.45, 2.75) is 52.4 Å². The average molecular weight is 1280 g/mol. The van der Waals surface area contributed by atoms with Gasteiger partial charge in [0.1, 0.15) is 11.2 Å². The van der Waals surface area contributed by atoms with Gasteiger partial charge in [-0.1, -0.05) is 205 Å². The SMILES string of the molecule is CC(C)(C)c1ccc(-c2cccc(N(c3ccc4sc5c(-c6ccccn6)cccc5c4c3)c3ccc4c(c3)c3ccccc3c3cc5c(cc43)oc3ccc(N(c4cccc(-c6ccc(C(C)(C)C)cc6)c4)c4cccc6c4sc4c(-c7ccccn7)cccc46)cc35)c2)cc1. The Hall–Kier alpha value is -11.2. The molecule has 0 aliphatic rings. The largest absolute Gasteiger partial charge is 0.456 e. The van der Waals surface area contributed by atoms with Crippen LogP contribution in [0.25, 0.3) is 139 Å². The molecule has 0 saturated carbocycles. The highest BCUT2D eigenvalue weighted by Crippen LogP contribution is 2.51. The van der Waals surface area contributed by atoms with E-state index in [1.165, 1.54) is 84.1 Å². The monoisotopic (exact) mass is 1280 g/mol. The van der Waals surface area contributed by atoms with Gasteiger partial charge in [0.2, 0.25) is 0 Å². The number of fused-ring (bicyclic) bond motifs is 15. The summed E-state index contributed by atoms with van der Waals surface area (Å²) in [4.78, 5) is 14.5. The van der Waals surface area contributed by atoms with E-state index < -0.39 is 0 Å². The predicted molar refractivity (Wildman–Crippen MR) is 416 cm³/mol. The van der Waals surface area contributed by atoms with Gasteiger partial charge in [-0.15, -0.1) is 22.7 Å². The smallest absolute Gasteiger partial charge is 0.136 e. The quantitative estimate of drug-likeness (QED) is 0.128. The van der Waals surface area contributed by atoms with Gasteiger partial charge in [-0.3, -0.25) is 9.97 Å². The second-order valence-corrected chi connectivity index (χ2v) is 29.8. The van der Waals surface area contributed by atoms with Crippen molar-refractivity contribution in [1.29, 1.82) is 0 Å². The first-order valence-corrected chi connectivity index (χ1v) is 35.0. The average Bonchev–Trinajstić information content (AvgIpc) is 1.73. The Bertz CT molecular complexity index is 6150. The highest BCUT2D eigenvalue weighted by molar-refractivity contribution is 7.27. The van der Waals surface area contributed by atoms with Crippen LogP contribution in [0.1, 0.15) is 52.7 Å². The van der Waals surface area contributed by atoms with Crippen molar-refractivity contribution in [2.75, 3.05) is 9.80 Å². The molecule has 0 atom stereocenters. The minimum absolute atomic E-state index is 0.0490. The molecule has 0 bridgehead atoms. The molecule has 0 radical (unpaired) electrons. The molecule has 18 aromatic rings. The normalized spacial score (nSPS) is 12.2. The molecule has 0 amide bonds. The number of hydrogen-bond acceptors (Lipinski definition) is 7. The number of rotatable bonds is 10. The fourth-order valence-electron chi connectivity index (χ4n) is 14.7. The zero-order valence-electron chi connectivity index (χ0n) is 54.7. The molecule has 0 aliphatic carbocycles. The van der Waals surface area contributed by atoms with E-state index >= 15 is 0 Å². The Balaban J connectivity index is 0.801. The summed E-state index contributed by atoms with van der Waals surface area (Å²) in [6.45, 7) is 13.6. The maximum atomic E-state index is 7.05. The van der Waals surface area contributed by atoms with Gasteiger partial charge < -0.3 is 14.2 Å². The van der Waals surface area contributed by atoms with Crippen LogP contribution in [0.2, 0.25) is 0 Å². The molecule has 5 heterocycles. The molecule has 0 N–H and O–H groups in total. The van der Waals surface area contributed by atoms with Crippen LogP contribution in [0, 0.1) is 0 Å². The van der Waals surface area contributed by atoms with Crippen molar-refractivity contribution in [1.82, 2.24) is 9.97 Å². The van der Waals surface area contributed by atoms with Crippen molar-refractivity contribution < 1.29 is 4.42 Å². The first-order valence-electron chi connectivity index (χ1n) is 33.3. The number of hydrogen-bond donors (Lipinski definition) is 0. The van der Waals surface area contributed by atoms with E-state index in [0.717, 1.165) is 100 Å².